The number of nitrogens with zero attached hydrogens (tertiary/aromatic N) is 1. The highest BCUT2D eigenvalue weighted by Crippen LogP contribution is 2.27. The molecule has 0 aliphatic carbocycles. The molecule has 0 aromatic heterocycles. The van der Waals surface area contributed by atoms with E-state index in [1.807, 2.05) is 6.07 Å². The van der Waals surface area contributed by atoms with Crippen molar-refractivity contribution in [3.05, 3.63) is 66.2 Å². The minimum atomic E-state index is -0.326. The van der Waals surface area contributed by atoms with E-state index < -0.39 is 0 Å². The summed E-state index contributed by atoms with van der Waals surface area (Å²) in [5.74, 6) is 1.47. The molecule has 2 rings (SSSR count). The Morgan fingerprint density at radius 2 is 2.00 bits per heavy atom. The third-order valence-electron chi connectivity index (χ3n) is 3.26. The van der Waals surface area contributed by atoms with Gasteiger partial charge in [0.25, 0.3) is 5.91 Å². The van der Waals surface area contributed by atoms with Crippen molar-refractivity contribution in [2.24, 2.45) is 5.10 Å². The summed E-state index contributed by atoms with van der Waals surface area (Å²) in [7, 11) is 3.10. The van der Waals surface area contributed by atoms with Gasteiger partial charge in [0.05, 0.1) is 20.4 Å². The molecule has 0 aliphatic rings. The van der Waals surface area contributed by atoms with Gasteiger partial charge in [-0.05, 0) is 42.0 Å². The van der Waals surface area contributed by atoms with Crippen molar-refractivity contribution in [3.63, 3.8) is 0 Å². The SMILES string of the molecule is C=CCOc1ccc(/C=N\NC(=O)c2cccc(OC)c2)cc1OC. The molecule has 25 heavy (non-hydrogen) atoms. The first-order chi connectivity index (χ1) is 12.2. The van der Waals surface area contributed by atoms with Crippen LogP contribution < -0.4 is 19.6 Å². The Morgan fingerprint density at radius 1 is 1.16 bits per heavy atom. The molecule has 0 radical (unpaired) electrons. The summed E-state index contributed by atoms with van der Waals surface area (Å²) in [6.45, 7) is 4.00. The van der Waals surface area contributed by atoms with Crippen molar-refractivity contribution in [2.45, 2.75) is 0 Å². The highest BCUT2D eigenvalue weighted by Gasteiger charge is 2.06. The zero-order chi connectivity index (χ0) is 18.1. The minimum absolute atomic E-state index is 0.326. The molecule has 6 nitrogen and oxygen atoms in total. The summed E-state index contributed by atoms with van der Waals surface area (Å²) < 4.78 is 15.9. The lowest BCUT2D eigenvalue weighted by Gasteiger charge is -2.09. The summed E-state index contributed by atoms with van der Waals surface area (Å²) in [5.41, 5.74) is 3.69. The molecule has 0 aliphatic heterocycles. The summed E-state index contributed by atoms with van der Waals surface area (Å²) in [4.78, 5) is 12.1. The highest BCUT2D eigenvalue weighted by atomic mass is 16.5. The number of hydrogen-bond acceptors (Lipinski definition) is 5. The summed E-state index contributed by atoms with van der Waals surface area (Å²) in [6.07, 6.45) is 3.18. The molecular weight excluding hydrogens is 320 g/mol. The lowest BCUT2D eigenvalue weighted by atomic mass is 10.2. The fraction of sp³-hybridized carbons (Fsp3) is 0.158. The number of carbonyl (C=O) groups excluding carboxylic acids is 1. The van der Waals surface area contributed by atoms with Crippen LogP contribution in [0.25, 0.3) is 0 Å². The van der Waals surface area contributed by atoms with Gasteiger partial charge in [0.15, 0.2) is 11.5 Å². The van der Waals surface area contributed by atoms with E-state index in [4.69, 9.17) is 14.2 Å². The molecule has 0 unspecified atom stereocenters. The Morgan fingerprint density at radius 3 is 2.72 bits per heavy atom. The summed E-state index contributed by atoms with van der Waals surface area (Å²) in [5, 5.41) is 3.96. The topological polar surface area (TPSA) is 69.2 Å². The molecule has 130 valence electrons. The quantitative estimate of drug-likeness (QED) is 0.456. The van der Waals surface area contributed by atoms with Crippen LogP contribution in [0.2, 0.25) is 0 Å². The molecule has 0 saturated carbocycles. The van der Waals surface area contributed by atoms with Crippen molar-refractivity contribution in [3.8, 4) is 17.2 Å². The van der Waals surface area contributed by atoms with Crippen molar-refractivity contribution >= 4 is 12.1 Å². The number of hydrazone groups is 1. The smallest absolute Gasteiger partial charge is 0.271 e. The first kappa shape index (κ1) is 18.1. The average molecular weight is 340 g/mol. The third-order valence-corrected chi connectivity index (χ3v) is 3.26. The van der Waals surface area contributed by atoms with Gasteiger partial charge in [-0.2, -0.15) is 5.10 Å². The Labute approximate surface area is 146 Å². The number of methoxy groups -OCH3 is 2. The van der Waals surface area contributed by atoms with E-state index in [1.54, 1.807) is 56.7 Å². The number of benzene rings is 2. The predicted molar refractivity (Wildman–Crippen MR) is 96.7 cm³/mol. The fourth-order valence-electron chi connectivity index (χ4n) is 2.03. The lowest BCUT2D eigenvalue weighted by Crippen LogP contribution is -2.17. The van der Waals surface area contributed by atoms with Gasteiger partial charge in [0.1, 0.15) is 12.4 Å². The molecule has 0 spiro atoms. The van der Waals surface area contributed by atoms with Gasteiger partial charge in [0.2, 0.25) is 0 Å². The van der Waals surface area contributed by atoms with Crippen LogP contribution in [-0.2, 0) is 0 Å². The zero-order valence-corrected chi connectivity index (χ0v) is 14.2. The second-order valence-corrected chi connectivity index (χ2v) is 4.94. The van der Waals surface area contributed by atoms with Gasteiger partial charge >= 0.3 is 0 Å². The van der Waals surface area contributed by atoms with Crippen LogP contribution in [0.3, 0.4) is 0 Å². The van der Waals surface area contributed by atoms with Crippen LogP contribution in [0.1, 0.15) is 15.9 Å². The molecule has 0 heterocycles. The van der Waals surface area contributed by atoms with Crippen LogP contribution in [0.15, 0.2) is 60.2 Å². The molecule has 0 atom stereocenters. The number of rotatable bonds is 8. The molecule has 0 bridgehead atoms. The second kappa shape index (κ2) is 9.12. The average Bonchev–Trinajstić information content (AvgIpc) is 2.66. The van der Waals surface area contributed by atoms with Gasteiger partial charge in [-0.25, -0.2) is 5.43 Å². The van der Waals surface area contributed by atoms with Gasteiger partial charge in [-0.1, -0.05) is 18.7 Å². The number of nitrogens with one attached hydrogen (secondary N) is 1. The van der Waals surface area contributed by atoms with E-state index >= 15 is 0 Å². The first-order valence-corrected chi connectivity index (χ1v) is 7.57. The molecule has 2 aromatic rings. The van der Waals surface area contributed by atoms with Gasteiger partial charge in [0, 0.05) is 5.56 Å². The van der Waals surface area contributed by atoms with Crippen molar-refractivity contribution in [2.75, 3.05) is 20.8 Å². The maximum absolute atomic E-state index is 12.1. The maximum Gasteiger partial charge on any atom is 0.271 e. The van der Waals surface area contributed by atoms with Gasteiger partial charge < -0.3 is 14.2 Å². The van der Waals surface area contributed by atoms with E-state index in [1.165, 1.54) is 6.21 Å². The number of hydrogen-bond donors (Lipinski definition) is 1. The van der Waals surface area contributed by atoms with E-state index in [0.29, 0.717) is 29.4 Å². The zero-order valence-electron chi connectivity index (χ0n) is 14.2. The number of ether oxygens (including phenoxy) is 3. The molecule has 2 aromatic carbocycles. The Balaban J connectivity index is 2.03. The van der Waals surface area contributed by atoms with Gasteiger partial charge in [-0.3, -0.25) is 4.79 Å². The Bertz CT molecular complexity index is 772. The second-order valence-electron chi connectivity index (χ2n) is 4.94. The molecule has 0 saturated heterocycles. The van der Waals surface area contributed by atoms with Crippen molar-refractivity contribution in [1.82, 2.24) is 5.43 Å². The monoisotopic (exact) mass is 340 g/mol. The lowest BCUT2D eigenvalue weighted by molar-refractivity contribution is 0.0955. The van der Waals surface area contributed by atoms with Crippen LogP contribution in [0.4, 0.5) is 0 Å². The van der Waals surface area contributed by atoms with Crippen molar-refractivity contribution in [1.29, 1.82) is 0 Å². The summed E-state index contributed by atoms with van der Waals surface area (Å²) in [6, 6.07) is 12.2. The van der Waals surface area contributed by atoms with E-state index in [9.17, 15) is 4.79 Å². The van der Waals surface area contributed by atoms with E-state index in [-0.39, 0.29) is 5.91 Å². The molecule has 0 fully saturated rings. The predicted octanol–water partition coefficient (Wildman–Crippen LogP) is 3.03. The van der Waals surface area contributed by atoms with Crippen LogP contribution in [0, 0.1) is 0 Å². The van der Waals surface area contributed by atoms with Crippen LogP contribution in [0.5, 0.6) is 17.2 Å². The molecular formula is C19H20N2O4. The van der Waals surface area contributed by atoms with Crippen molar-refractivity contribution < 1.29 is 19.0 Å². The van der Waals surface area contributed by atoms with Gasteiger partial charge in [-0.15, -0.1) is 0 Å². The Kier molecular flexibility index (Phi) is 6.59. The fourth-order valence-corrected chi connectivity index (χ4v) is 2.03. The summed E-state index contributed by atoms with van der Waals surface area (Å²) >= 11 is 0. The Hall–Kier alpha value is -3.28. The molecule has 6 heteroatoms. The number of amides is 1. The minimum Gasteiger partial charge on any atom is -0.497 e. The molecule has 1 N–H and O–H groups in total. The highest BCUT2D eigenvalue weighted by molar-refractivity contribution is 5.95. The van der Waals surface area contributed by atoms with Crippen LogP contribution in [-0.4, -0.2) is 32.9 Å². The molecule has 1 amide bonds. The van der Waals surface area contributed by atoms with Crippen LogP contribution >= 0.6 is 0 Å². The van der Waals surface area contributed by atoms with E-state index in [2.05, 4.69) is 17.1 Å². The number of carbonyl (C=O) groups is 1. The largest absolute Gasteiger partial charge is 0.497 e. The third kappa shape index (κ3) is 5.10. The maximum atomic E-state index is 12.1. The standard InChI is InChI=1S/C19H20N2O4/c1-4-10-25-17-9-8-14(11-18(17)24-3)13-20-21-19(22)15-6-5-7-16(12-15)23-2/h4-9,11-13H,1,10H2,2-3H3,(H,21,22)/b20-13-. The van der Waals surface area contributed by atoms with E-state index in [0.717, 1.165) is 5.56 Å². The normalized spacial score (nSPS) is 10.3. The first-order valence-electron chi connectivity index (χ1n) is 7.57.